The first-order valence-corrected chi connectivity index (χ1v) is 6.49. The van der Waals surface area contributed by atoms with Gasteiger partial charge in [0, 0.05) is 5.56 Å². The lowest BCUT2D eigenvalue weighted by Gasteiger charge is -2.22. The number of hydrogen-bond acceptors (Lipinski definition) is 1. The lowest BCUT2D eigenvalue weighted by Crippen LogP contribution is -2.15. The van der Waals surface area contributed by atoms with Gasteiger partial charge in [0.15, 0.2) is 0 Å². The normalized spacial score (nSPS) is 16.5. The Balaban J connectivity index is 1.92. The molecule has 0 unspecified atom stereocenters. The molecule has 1 aliphatic carbocycles. The topological polar surface area (TPSA) is 9.23 Å². The van der Waals surface area contributed by atoms with Crippen LogP contribution in [-0.2, 0) is 0 Å². The Bertz CT molecular complexity index is 408. The van der Waals surface area contributed by atoms with Gasteiger partial charge in [-0.25, -0.2) is 0 Å². The lowest BCUT2D eigenvalue weighted by molar-refractivity contribution is 0.208. The molecule has 2 rings (SSSR count). The van der Waals surface area contributed by atoms with Gasteiger partial charge in [-0.1, -0.05) is 25.2 Å². The molecule has 1 aromatic rings. The molecule has 90 valence electrons. The van der Waals surface area contributed by atoms with E-state index in [1.165, 1.54) is 32.1 Å². The fraction of sp³-hybridized carbons (Fsp3) is 0.500. The number of terminal acetylenes is 1. The molecule has 0 radical (unpaired) electrons. The van der Waals surface area contributed by atoms with Gasteiger partial charge in [-0.2, -0.15) is 0 Å². The molecule has 1 fully saturated rings. The molecular formula is C16H20O. The molecule has 0 aliphatic heterocycles. The maximum absolute atomic E-state index is 5.91. The highest BCUT2D eigenvalue weighted by Gasteiger charge is 2.14. The highest BCUT2D eigenvalue weighted by molar-refractivity contribution is 5.42. The molecule has 1 nitrogen and oxygen atoms in total. The van der Waals surface area contributed by atoms with Crippen LogP contribution in [0.1, 0.15) is 43.2 Å². The summed E-state index contributed by atoms with van der Waals surface area (Å²) in [5.74, 6) is 4.37. The van der Waals surface area contributed by atoms with Gasteiger partial charge in [-0.3, -0.25) is 0 Å². The van der Waals surface area contributed by atoms with Crippen LogP contribution in [0.4, 0.5) is 0 Å². The molecule has 0 amide bonds. The predicted molar refractivity (Wildman–Crippen MR) is 71.2 cm³/mol. The van der Waals surface area contributed by atoms with Crippen LogP contribution in [0.15, 0.2) is 18.2 Å². The molecule has 1 heteroatoms. The van der Waals surface area contributed by atoms with Crippen molar-refractivity contribution >= 4 is 0 Å². The fourth-order valence-corrected chi connectivity index (χ4v) is 2.46. The van der Waals surface area contributed by atoms with Gasteiger partial charge in [0.1, 0.15) is 5.75 Å². The lowest BCUT2D eigenvalue weighted by atomic mass is 9.90. The van der Waals surface area contributed by atoms with E-state index in [2.05, 4.69) is 12.8 Å². The summed E-state index contributed by atoms with van der Waals surface area (Å²) in [5.41, 5.74) is 2.06. The zero-order chi connectivity index (χ0) is 12.1. The summed E-state index contributed by atoms with van der Waals surface area (Å²) in [4.78, 5) is 0. The zero-order valence-electron chi connectivity index (χ0n) is 10.5. The van der Waals surface area contributed by atoms with E-state index in [1.807, 2.05) is 18.2 Å². The van der Waals surface area contributed by atoms with E-state index in [0.29, 0.717) is 0 Å². The van der Waals surface area contributed by atoms with Gasteiger partial charge < -0.3 is 4.74 Å². The maximum Gasteiger partial charge on any atom is 0.122 e. The number of rotatable bonds is 3. The van der Waals surface area contributed by atoms with Gasteiger partial charge >= 0.3 is 0 Å². The molecule has 1 aliphatic rings. The van der Waals surface area contributed by atoms with Crippen LogP contribution < -0.4 is 4.74 Å². The van der Waals surface area contributed by atoms with Gasteiger partial charge in [0.05, 0.1) is 6.61 Å². The Labute approximate surface area is 104 Å². The van der Waals surface area contributed by atoms with Crippen molar-refractivity contribution in [2.24, 2.45) is 5.92 Å². The minimum absolute atomic E-state index is 0.746. The SMILES string of the molecule is C#Cc1ccc(OCC2CCCCC2)c(C)c1. The van der Waals surface area contributed by atoms with E-state index >= 15 is 0 Å². The van der Waals surface area contributed by atoms with Crippen LogP contribution in [0.5, 0.6) is 5.75 Å². The molecular weight excluding hydrogens is 208 g/mol. The summed E-state index contributed by atoms with van der Waals surface area (Å²) in [6, 6.07) is 5.95. The van der Waals surface area contributed by atoms with Crippen LogP contribution in [0.2, 0.25) is 0 Å². The highest BCUT2D eigenvalue weighted by Crippen LogP contribution is 2.26. The number of hydrogen-bond donors (Lipinski definition) is 0. The van der Waals surface area contributed by atoms with E-state index in [4.69, 9.17) is 11.2 Å². The first kappa shape index (κ1) is 12.0. The summed E-state index contributed by atoms with van der Waals surface area (Å²) < 4.78 is 5.91. The molecule has 0 spiro atoms. The van der Waals surface area contributed by atoms with Crippen molar-refractivity contribution < 1.29 is 4.74 Å². The standard InChI is InChI=1S/C16H20O/c1-3-14-9-10-16(13(2)11-14)17-12-15-7-5-4-6-8-15/h1,9-11,15H,4-8,12H2,2H3. The third-order valence-corrected chi connectivity index (χ3v) is 3.54. The van der Waals surface area contributed by atoms with Gasteiger partial charge in [-0.15, -0.1) is 6.42 Å². The van der Waals surface area contributed by atoms with Crippen LogP contribution >= 0.6 is 0 Å². The van der Waals surface area contributed by atoms with Crippen molar-refractivity contribution in [2.75, 3.05) is 6.61 Å². The molecule has 1 saturated carbocycles. The summed E-state index contributed by atoms with van der Waals surface area (Å²) in [7, 11) is 0. The van der Waals surface area contributed by atoms with Crippen molar-refractivity contribution in [3.05, 3.63) is 29.3 Å². The maximum atomic E-state index is 5.91. The smallest absolute Gasteiger partial charge is 0.122 e. The predicted octanol–water partition coefficient (Wildman–Crippen LogP) is 3.94. The Morgan fingerprint density at radius 3 is 2.71 bits per heavy atom. The second-order valence-electron chi connectivity index (χ2n) is 4.94. The Kier molecular flexibility index (Phi) is 4.09. The molecule has 0 heterocycles. The molecule has 0 saturated heterocycles. The second-order valence-corrected chi connectivity index (χ2v) is 4.94. The number of benzene rings is 1. The molecule has 17 heavy (non-hydrogen) atoms. The average molecular weight is 228 g/mol. The van der Waals surface area contributed by atoms with Gasteiger partial charge in [-0.05, 0) is 49.4 Å². The van der Waals surface area contributed by atoms with Crippen LogP contribution in [0.25, 0.3) is 0 Å². The summed E-state index contributed by atoms with van der Waals surface area (Å²) in [6.07, 6.45) is 12.1. The van der Waals surface area contributed by atoms with E-state index in [1.54, 1.807) is 0 Å². The van der Waals surface area contributed by atoms with Crippen molar-refractivity contribution in [1.82, 2.24) is 0 Å². The zero-order valence-corrected chi connectivity index (χ0v) is 10.5. The minimum Gasteiger partial charge on any atom is -0.493 e. The van der Waals surface area contributed by atoms with E-state index in [9.17, 15) is 0 Å². The third kappa shape index (κ3) is 3.27. The quantitative estimate of drug-likeness (QED) is 0.712. The van der Waals surface area contributed by atoms with Crippen LogP contribution in [0.3, 0.4) is 0 Å². The first-order chi connectivity index (χ1) is 8.29. The Hall–Kier alpha value is -1.42. The summed E-state index contributed by atoms with van der Waals surface area (Å²) in [6.45, 7) is 2.91. The van der Waals surface area contributed by atoms with Crippen molar-refractivity contribution in [2.45, 2.75) is 39.0 Å². The summed E-state index contributed by atoms with van der Waals surface area (Å²) >= 11 is 0. The number of aryl methyl sites for hydroxylation is 1. The average Bonchev–Trinajstić information content (AvgIpc) is 2.38. The third-order valence-electron chi connectivity index (χ3n) is 3.54. The summed E-state index contributed by atoms with van der Waals surface area (Å²) in [5, 5.41) is 0. The van der Waals surface area contributed by atoms with E-state index in [0.717, 1.165) is 29.4 Å². The number of ether oxygens (including phenoxy) is 1. The molecule has 1 aromatic carbocycles. The van der Waals surface area contributed by atoms with E-state index in [-0.39, 0.29) is 0 Å². The van der Waals surface area contributed by atoms with Gasteiger partial charge in [0.2, 0.25) is 0 Å². The molecule has 0 atom stereocenters. The van der Waals surface area contributed by atoms with Crippen LogP contribution in [-0.4, -0.2) is 6.61 Å². The monoisotopic (exact) mass is 228 g/mol. The molecule has 0 bridgehead atoms. The van der Waals surface area contributed by atoms with Crippen molar-refractivity contribution in [3.63, 3.8) is 0 Å². The first-order valence-electron chi connectivity index (χ1n) is 6.49. The second kappa shape index (κ2) is 5.77. The van der Waals surface area contributed by atoms with E-state index < -0.39 is 0 Å². The Morgan fingerprint density at radius 2 is 2.06 bits per heavy atom. The van der Waals surface area contributed by atoms with Crippen molar-refractivity contribution in [3.8, 4) is 18.1 Å². The molecule has 0 aromatic heterocycles. The van der Waals surface area contributed by atoms with Gasteiger partial charge in [0.25, 0.3) is 0 Å². The Morgan fingerprint density at radius 1 is 1.29 bits per heavy atom. The highest BCUT2D eigenvalue weighted by atomic mass is 16.5. The minimum atomic E-state index is 0.746. The van der Waals surface area contributed by atoms with Crippen LogP contribution in [0, 0.1) is 25.2 Å². The van der Waals surface area contributed by atoms with Crippen molar-refractivity contribution in [1.29, 1.82) is 0 Å². The molecule has 0 N–H and O–H groups in total. The largest absolute Gasteiger partial charge is 0.493 e. The fourth-order valence-electron chi connectivity index (χ4n) is 2.46.